The van der Waals surface area contributed by atoms with E-state index in [9.17, 15) is 17.6 Å². The number of piperazine rings is 1. The Morgan fingerprint density at radius 2 is 2.00 bits per heavy atom. The van der Waals surface area contributed by atoms with E-state index in [-0.39, 0.29) is 35.7 Å². The summed E-state index contributed by atoms with van der Waals surface area (Å²) in [6.07, 6.45) is 0.934. The van der Waals surface area contributed by atoms with Crippen LogP contribution in [0, 0.1) is 12.7 Å². The first-order valence-electron chi connectivity index (χ1n) is 9.31. The number of aromatic nitrogens is 1. The second kappa shape index (κ2) is 6.91. The number of carbonyl (C=O) groups is 1. The van der Waals surface area contributed by atoms with Gasteiger partial charge < -0.3 is 9.88 Å². The zero-order chi connectivity index (χ0) is 19.2. The van der Waals surface area contributed by atoms with E-state index >= 15 is 0 Å². The van der Waals surface area contributed by atoms with Crippen LogP contribution in [-0.2, 0) is 21.1 Å². The molecule has 27 heavy (non-hydrogen) atoms. The molecular formula is C19H24FN3O3S. The highest BCUT2D eigenvalue weighted by atomic mass is 32.2. The number of aryl methyl sites for hydroxylation is 1. The van der Waals surface area contributed by atoms with Gasteiger partial charge in [-0.05, 0) is 37.1 Å². The van der Waals surface area contributed by atoms with Crippen LogP contribution in [0.4, 0.5) is 4.39 Å². The van der Waals surface area contributed by atoms with E-state index in [0.29, 0.717) is 32.6 Å². The number of halogens is 1. The summed E-state index contributed by atoms with van der Waals surface area (Å²) in [5.74, 6) is 0.228. The van der Waals surface area contributed by atoms with Crippen molar-refractivity contribution in [2.24, 2.45) is 0 Å². The summed E-state index contributed by atoms with van der Waals surface area (Å²) >= 11 is 0. The van der Waals surface area contributed by atoms with Crippen molar-refractivity contribution in [3.05, 3.63) is 35.3 Å². The molecule has 0 saturated carbocycles. The van der Waals surface area contributed by atoms with Crippen LogP contribution in [0.2, 0.25) is 0 Å². The molecule has 6 nitrogen and oxygen atoms in total. The largest absolute Gasteiger partial charge is 0.358 e. The second-order valence-electron chi connectivity index (χ2n) is 7.57. The summed E-state index contributed by atoms with van der Waals surface area (Å²) < 4.78 is 37.0. The van der Waals surface area contributed by atoms with Crippen molar-refractivity contribution in [3.63, 3.8) is 0 Å². The third-order valence-corrected chi connectivity index (χ3v) is 7.55. The molecule has 0 bridgehead atoms. The average Bonchev–Trinajstić information content (AvgIpc) is 3.14. The Bertz CT molecular complexity index is 977. The highest BCUT2D eigenvalue weighted by Crippen LogP contribution is 2.25. The molecule has 1 aromatic carbocycles. The summed E-state index contributed by atoms with van der Waals surface area (Å²) in [6.45, 7) is 4.51. The first-order valence-corrected chi connectivity index (χ1v) is 11.1. The molecule has 0 radical (unpaired) electrons. The maximum Gasteiger partial charge on any atom is 0.227 e. The van der Waals surface area contributed by atoms with E-state index in [4.69, 9.17) is 0 Å². The van der Waals surface area contributed by atoms with Gasteiger partial charge in [0.2, 0.25) is 5.91 Å². The lowest BCUT2D eigenvalue weighted by atomic mass is 10.1. The first kappa shape index (κ1) is 18.4. The van der Waals surface area contributed by atoms with Gasteiger partial charge in [-0.25, -0.2) is 12.8 Å². The molecule has 2 aliphatic heterocycles. The normalized spacial score (nSPS) is 23.2. The zero-order valence-corrected chi connectivity index (χ0v) is 16.2. The number of H-pyrrole nitrogens is 1. The number of fused-ring (bicyclic) bond motifs is 1. The third kappa shape index (κ3) is 3.73. The topological polar surface area (TPSA) is 73.5 Å². The molecule has 0 spiro atoms. The van der Waals surface area contributed by atoms with Crippen LogP contribution in [0.1, 0.15) is 17.7 Å². The van der Waals surface area contributed by atoms with Crippen LogP contribution in [0.5, 0.6) is 0 Å². The number of hydrogen-bond donors (Lipinski definition) is 1. The SMILES string of the molecule is Cc1[nH]c2ccc(F)cc2c1CC(=O)N1CCN([C@H]2CCS(=O)(=O)C2)CC1. The van der Waals surface area contributed by atoms with Gasteiger partial charge in [0, 0.05) is 48.8 Å². The van der Waals surface area contributed by atoms with Crippen LogP contribution in [0.15, 0.2) is 18.2 Å². The molecule has 2 aliphatic rings. The lowest BCUT2D eigenvalue weighted by Crippen LogP contribution is -2.52. The zero-order valence-electron chi connectivity index (χ0n) is 15.4. The summed E-state index contributed by atoms with van der Waals surface area (Å²) in [5, 5.41) is 0.760. The van der Waals surface area contributed by atoms with Crippen molar-refractivity contribution in [2.45, 2.75) is 25.8 Å². The molecule has 1 atom stereocenters. The molecule has 1 amide bonds. The van der Waals surface area contributed by atoms with Crippen molar-refractivity contribution in [1.29, 1.82) is 0 Å². The Morgan fingerprint density at radius 1 is 1.26 bits per heavy atom. The number of aromatic amines is 1. The fourth-order valence-electron chi connectivity index (χ4n) is 4.25. The molecule has 0 unspecified atom stereocenters. The van der Waals surface area contributed by atoms with Gasteiger partial charge in [-0.15, -0.1) is 0 Å². The van der Waals surface area contributed by atoms with Gasteiger partial charge >= 0.3 is 0 Å². The standard InChI is InChI=1S/C19H24FN3O3S/c1-13-16(17-10-14(20)2-3-18(17)21-13)11-19(24)23-7-5-22(6-8-23)15-4-9-27(25,26)12-15/h2-3,10,15,21H,4-9,11-12H2,1H3/t15-/m0/s1. The van der Waals surface area contributed by atoms with E-state index in [1.165, 1.54) is 12.1 Å². The number of hydrogen-bond acceptors (Lipinski definition) is 4. The molecule has 2 fully saturated rings. The lowest BCUT2D eigenvalue weighted by Gasteiger charge is -2.37. The minimum atomic E-state index is -2.89. The Kier molecular flexibility index (Phi) is 4.71. The van der Waals surface area contributed by atoms with Crippen LogP contribution < -0.4 is 0 Å². The molecule has 146 valence electrons. The molecule has 0 aliphatic carbocycles. The predicted octanol–water partition coefficient (Wildman–Crippen LogP) is 1.49. The number of benzene rings is 1. The van der Waals surface area contributed by atoms with Gasteiger partial charge in [0.25, 0.3) is 0 Å². The van der Waals surface area contributed by atoms with E-state index < -0.39 is 9.84 Å². The van der Waals surface area contributed by atoms with Gasteiger partial charge in [0.15, 0.2) is 9.84 Å². The van der Waals surface area contributed by atoms with Gasteiger partial charge in [-0.3, -0.25) is 9.69 Å². The molecule has 1 aromatic heterocycles. The Morgan fingerprint density at radius 3 is 2.67 bits per heavy atom. The quantitative estimate of drug-likeness (QED) is 0.858. The minimum absolute atomic E-state index is 0.0296. The molecule has 2 saturated heterocycles. The Balaban J connectivity index is 1.40. The second-order valence-corrected chi connectivity index (χ2v) is 9.80. The molecule has 1 N–H and O–H groups in total. The number of amides is 1. The Hall–Kier alpha value is -1.93. The van der Waals surface area contributed by atoms with Crippen LogP contribution in [-0.4, -0.2) is 72.8 Å². The highest BCUT2D eigenvalue weighted by molar-refractivity contribution is 7.91. The van der Waals surface area contributed by atoms with Crippen molar-refractivity contribution in [3.8, 4) is 0 Å². The summed E-state index contributed by atoms with van der Waals surface area (Å²) in [6, 6.07) is 4.66. The van der Waals surface area contributed by atoms with E-state index in [1.54, 1.807) is 6.07 Å². The molecule has 2 aromatic rings. The van der Waals surface area contributed by atoms with Crippen molar-refractivity contribution >= 4 is 26.6 Å². The maximum atomic E-state index is 13.6. The average molecular weight is 393 g/mol. The molecule has 3 heterocycles. The number of nitrogens with one attached hydrogen (secondary N) is 1. The van der Waals surface area contributed by atoms with Gasteiger partial charge in [-0.1, -0.05) is 0 Å². The van der Waals surface area contributed by atoms with Crippen LogP contribution >= 0.6 is 0 Å². The summed E-state index contributed by atoms with van der Waals surface area (Å²) in [7, 11) is -2.89. The number of sulfone groups is 1. The van der Waals surface area contributed by atoms with Gasteiger partial charge in [0.1, 0.15) is 5.82 Å². The van der Waals surface area contributed by atoms with Gasteiger partial charge in [-0.2, -0.15) is 0 Å². The first-order chi connectivity index (χ1) is 12.8. The molecule has 4 rings (SSSR count). The predicted molar refractivity (Wildman–Crippen MR) is 102 cm³/mol. The van der Waals surface area contributed by atoms with Crippen LogP contribution in [0.3, 0.4) is 0 Å². The smallest absolute Gasteiger partial charge is 0.227 e. The van der Waals surface area contributed by atoms with E-state index in [0.717, 1.165) is 22.2 Å². The lowest BCUT2D eigenvalue weighted by molar-refractivity contribution is -0.132. The molecular weight excluding hydrogens is 369 g/mol. The van der Waals surface area contributed by atoms with Crippen molar-refractivity contribution < 1.29 is 17.6 Å². The van der Waals surface area contributed by atoms with Crippen molar-refractivity contribution in [2.75, 3.05) is 37.7 Å². The van der Waals surface area contributed by atoms with Crippen LogP contribution in [0.25, 0.3) is 10.9 Å². The van der Waals surface area contributed by atoms with E-state index in [2.05, 4.69) is 9.88 Å². The highest BCUT2D eigenvalue weighted by Gasteiger charge is 2.34. The van der Waals surface area contributed by atoms with Crippen molar-refractivity contribution in [1.82, 2.24) is 14.8 Å². The maximum absolute atomic E-state index is 13.6. The monoisotopic (exact) mass is 393 g/mol. The van der Waals surface area contributed by atoms with Gasteiger partial charge in [0.05, 0.1) is 17.9 Å². The fraction of sp³-hybridized carbons (Fsp3) is 0.526. The molecule has 8 heteroatoms. The summed E-state index contributed by atoms with van der Waals surface area (Å²) in [5.41, 5.74) is 2.57. The Labute approximate surface area is 158 Å². The number of carbonyl (C=O) groups excluding carboxylic acids is 1. The fourth-order valence-corrected chi connectivity index (χ4v) is 6.01. The van der Waals surface area contributed by atoms with E-state index in [1.807, 2.05) is 11.8 Å². The minimum Gasteiger partial charge on any atom is -0.358 e. The number of rotatable bonds is 3. The summed E-state index contributed by atoms with van der Waals surface area (Å²) in [4.78, 5) is 20.0. The third-order valence-electron chi connectivity index (χ3n) is 5.80. The number of nitrogens with zero attached hydrogens (tertiary/aromatic N) is 2.